The Kier molecular flexibility index (Phi) is 4.11. The molecule has 1 unspecified atom stereocenters. The van der Waals surface area contributed by atoms with Gasteiger partial charge in [0.1, 0.15) is 6.04 Å². The summed E-state index contributed by atoms with van der Waals surface area (Å²) in [6.07, 6.45) is -0.133. The van der Waals surface area contributed by atoms with Gasteiger partial charge in [0, 0.05) is 19.5 Å². The van der Waals surface area contributed by atoms with E-state index in [1.165, 1.54) is 4.90 Å². The van der Waals surface area contributed by atoms with E-state index in [1.54, 1.807) is 6.92 Å². The van der Waals surface area contributed by atoms with Gasteiger partial charge in [-0.1, -0.05) is 6.92 Å². The summed E-state index contributed by atoms with van der Waals surface area (Å²) in [5.41, 5.74) is 4.83. The Morgan fingerprint density at radius 2 is 2.12 bits per heavy atom. The van der Waals surface area contributed by atoms with Crippen molar-refractivity contribution in [1.29, 1.82) is 0 Å². The van der Waals surface area contributed by atoms with Gasteiger partial charge in [0.05, 0.1) is 11.5 Å². The molecule has 6 heteroatoms. The quantitative estimate of drug-likeness (QED) is 0.613. The number of likely N-dealkylation sites (tertiary alicyclic amines) is 1. The van der Waals surface area contributed by atoms with Crippen molar-refractivity contribution < 1.29 is 19.8 Å². The van der Waals surface area contributed by atoms with Crippen molar-refractivity contribution in [1.82, 2.24) is 4.90 Å². The highest BCUT2D eigenvalue weighted by molar-refractivity contribution is 5.88. The summed E-state index contributed by atoms with van der Waals surface area (Å²) in [5, 5.41) is 18.5. The van der Waals surface area contributed by atoms with Gasteiger partial charge in [-0.2, -0.15) is 0 Å². The molecule has 0 saturated carbocycles. The van der Waals surface area contributed by atoms with Crippen molar-refractivity contribution in [2.45, 2.75) is 38.8 Å². The van der Waals surface area contributed by atoms with Gasteiger partial charge >= 0.3 is 5.97 Å². The third-order valence-corrected chi connectivity index (χ3v) is 3.57. The molecular formula is C11H20N2O4. The Balaban J connectivity index is 2.91. The number of aliphatic hydroxyl groups is 1. The Hall–Kier alpha value is -1.14. The molecule has 1 aliphatic heterocycles. The number of aliphatic hydroxyl groups excluding tert-OH is 1. The molecule has 1 fully saturated rings. The van der Waals surface area contributed by atoms with Crippen molar-refractivity contribution >= 4 is 11.9 Å². The number of amides is 1. The molecule has 0 bridgehead atoms. The molecule has 6 nitrogen and oxygen atoms in total. The number of carbonyl (C=O) groups excluding carboxylic acids is 1. The lowest BCUT2D eigenvalue weighted by Gasteiger charge is -2.32. The molecule has 1 aliphatic rings. The summed E-state index contributed by atoms with van der Waals surface area (Å²) in [7, 11) is 0. The number of hydrogen-bond acceptors (Lipinski definition) is 4. The average Bonchev–Trinajstić information content (AvgIpc) is 2.69. The molecule has 17 heavy (non-hydrogen) atoms. The van der Waals surface area contributed by atoms with Crippen molar-refractivity contribution in [3.63, 3.8) is 0 Å². The van der Waals surface area contributed by atoms with E-state index >= 15 is 0 Å². The summed E-state index contributed by atoms with van der Waals surface area (Å²) in [6, 6.07) is -0.935. The number of β-amino-alcohol motifs (C(OH)–C–C–N with tert-alkyl or cyclic N) is 1. The highest BCUT2D eigenvalue weighted by atomic mass is 16.4. The number of nitrogens with zero attached hydrogens (tertiary/aromatic N) is 1. The zero-order valence-electron chi connectivity index (χ0n) is 10.2. The molecule has 0 aromatic rings. The number of aliphatic carboxylic acids is 1. The lowest BCUT2D eigenvalue weighted by molar-refractivity contribution is -0.152. The van der Waals surface area contributed by atoms with Crippen LogP contribution in [-0.4, -0.2) is 52.2 Å². The van der Waals surface area contributed by atoms with E-state index < -0.39 is 23.5 Å². The van der Waals surface area contributed by atoms with Gasteiger partial charge in [-0.25, -0.2) is 4.79 Å². The van der Waals surface area contributed by atoms with Gasteiger partial charge in [-0.15, -0.1) is 0 Å². The molecule has 1 amide bonds. The summed E-state index contributed by atoms with van der Waals surface area (Å²) >= 11 is 0. The topological polar surface area (TPSA) is 104 Å². The van der Waals surface area contributed by atoms with Crippen molar-refractivity contribution in [2.24, 2.45) is 11.1 Å². The second-order valence-electron chi connectivity index (χ2n) is 4.82. The SMILES string of the molecule is CCC(C)(CN)C(=O)N1C[C@@H](O)C[C@H]1C(=O)O. The number of nitrogens with two attached hydrogens (primary N) is 1. The minimum atomic E-state index is -1.08. The van der Waals surface area contributed by atoms with Crippen LogP contribution in [-0.2, 0) is 9.59 Å². The zero-order valence-corrected chi connectivity index (χ0v) is 10.2. The molecule has 0 spiro atoms. The first-order valence-corrected chi connectivity index (χ1v) is 5.77. The van der Waals surface area contributed by atoms with Crippen LogP contribution in [0.15, 0.2) is 0 Å². The molecule has 3 atom stereocenters. The maximum Gasteiger partial charge on any atom is 0.326 e. The van der Waals surface area contributed by atoms with Crippen LogP contribution in [0.4, 0.5) is 0 Å². The fourth-order valence-corrected chi connectivity index (χ4v) is 2.00. The van der Waals surface area contributed by atoms with Crippen LogP contribution >= 0.6 is 0 Å². The molecule has 1 rings (SSSR count). The van der Waals surface area contributed by atoms with Crippen LogP contribution < -0.4 is 5.73 Å². The highest BCUT2D eigenvalue weighted by Crippen LogP contribution is 2.28. The number of carbonyl (C=O) groups is 2. The Morgan fingerprint density at radius 3 is 2.53 bits per heavy atom. The Morgan fingerprint density at radius 1 is 1.53 bits per heavy atom. The minimum absolute atomic E-state index is 0.0748. The summed E-state index contributed by atoms with van der Waals surface area (Å²) in [4.78, 5) is 24.5. The van der Waals surface area contributed by atoms with Crippen molar-refractivity contribution in [3.8, 4) is 0 Å². The van der Waals surface area contributed by atoms with Crippen molar-refractivity contribution in [3.05, 3.63) is 0 Å². The standard InChI is InChI=1S/C11H20N2O4/c1-3-11(2,6-12)10(17)13-5-7(14)4-8(13)9(15)16/h7-8,14H,3-6,12H2,1-2H3,(H,15,16)/t7-,8-,11?/m0/s1. The largest absolute Gasteiger partial charge is 0.480 e. The highest BCUT2D eigenvalue weighted by Gasteiger charge is 2.44. The molecule has 4 N–H and O–H groups in total. The third-order valence-electron chi connectivity index (χ3n) is 3.57. The second-order valence-corrected chi connectivity index (χ2v) is 4.82. The number of carboxylic acids is 1. The van der Waals surface area contributed by atoms with E-state index in [4.69, 9.17) is 10.8 Å². The summed E-state index contributed by atoms with van der Waals surface area (Å²) in [5.74, 6) is -1.36. The molecular weight excluding hydrogens is 224 g/mol. The Bertz CT molecular complexity index is 315. The van der Waals surface area contributed by atoms with Crippen molar-refractivity contribution in [2.75, 3.05) is 13.1 Å². The normalized spacial score (nSPS) is 27.9. The van der Waals surface area contributed by atoms with E-state index in [0.717, 1.165) is 0 Å². The lowest BCUT2D eigenvalue weighted by Crippen LogP contribution is -2.50. The van der Waals surface area contributed by atoms with Gasteiger partial charge in [-0.3, -0.25) is 4.79 Å². The van der Waals surface area contributed by atoms with Crippen LogP contribution in [0.1, 0.15) is 26.7 Å². The monoisotopic (exact) mass is 244 g/mol. The van der Waals surface area contributed by atoms with Crippen LogP contribution in [0.5, 0.6) is 0 Å². The number of carboxylic acid groups (broad SMARTS) is 1. The van der Waals surface area contributed by atoms with E-state index in [1.807, 2.05) is 6.92 Å². The first-order valence-electron chi connectivity index (χ1n) is 5.77. The summed E-state index contributed by atoms with van der Waals surface area (Å²) in [6.45, 7) is 3.80. The van der Waals surface area contributed by atoms with Gasteiger partial charge < -0.3 is 20.8 Å². The van der Waals surface area contributed by atoms with Gasteiger partial charge in [0.25, 0.3) is 0 Å². The van der Waals surface area contributed by atoms with Crippen LogP contribution in [0.2, 0.25) is 0 Å². The molecule has 0 aromatic carbocycles. The first-order chi connectivity index (χ1) is 7.85. The molecule has 0 aliphatic carbocycles. The minimum Gasteiger partial charge on any atom is -0.480 e. The van der Waals surface area contributed by atoms with E-state index in [-0.39, 0.29) is 25.4 Å². The van der Waals surface area contributed by atoms with Gasteiger partial charge in [-0.05, 0) is 13.3 Å². The Labute approximate surface area is 100 Å². The van der Waals surface area contributed by atoms with Gasteiger partial charge in [0.2, 0.25) is 5.91 Å². The van der Waals surface area contributed by atoms with Crippen LogP contribution in [0.25, 0.3) is 0 Å². The predicted octanol–water partition coefficient (Wildman–Crippen LogP) is -0.592. The maximum absolute atomic E-state index is 12.3. The lowest BCUT2D eigenvalue weighted by atomic mass is 9.86. The molecule has 98 valence electrons. The van der Waals surface area contributed by atoms with E-state index in [2.05, 4.69) is 0 Å². The third kappa shape index (κ3) is 2.58. The van der Waals surface area contributed by atoms with E-state index in [9.17, 15) is 14.7 Å². The average molecular weight is 244 g/mol. The van der Waals surface area contributed by atoms with Crippen LogP contribution in [0, 0.1) is 5.41 Å². The predicted molar refractivity (Wildman–Crippen MR) is 61.2 cm³/mol. The van der Waals surface area contributed by atoms with E-state index in [0.29, 0.717) is 6.42 Å². The number of rotatable bonds is 4. The zero-order chi connectivity index (χ0) is 13.2. The number of hydrogen-bond donors (Lipinski definition) is 3. The fourth-order valence-electron chi connectivity index (χ4n) is 2.00. The molecule has 0 radical (unpaired) electrons. The summed E-state index contributed by atoms with van der Waals surface area (Å²) < 4.78 is 0. The fraction of sp³-hybridized carbons (Fsp3) is 0.818. The molecule has 1 heterocycles. The second kappa shape index (κ2) is 5.01. The molecule has 0 aromatic heterocycles. The molecule has 1 saturated heterocycles. The first kappa shape index (κ1) is 13.9. The van der Waals surface area contributed by atoms with Crippen LogP contribution in [0.3, 0.4) is 0 Å². The van der Waals surface area contributed by atoms with Gasteiger partial charge in [0.15, 0.2) is 0 Å². The smallest absolute Gasteiger partial charge is 0.326 e. The maximum atomic E-state index is 12.3.